The van der Waals surface area contributed by atoms with Crippen molar-refractivity contribution < 1.29 is 13.2 Å². The van der Waals surface area contributed by atoms with Gasteiger partial charge in [-0.3, -0.25) is 4.79 Å². The van der Waals surface area contributed by atoms with Crippen LogP contribution < -0.4 is 5.32 Å². The normalized spacial score (nSPS) is 11.3. The van der Waals surface area contributed by atoms with Crippen molar-refractivity contribution in [3.05, 3.63) is 64.2 Å². The lowest BCUT2D eigenvalue weighted by Crippen LogP contribution is -2.26. The lowest BCUT2D eigenvalue weighted by atomic mass is 10.1. The van der Waals surface area contributed by atoms with E-state index >= 15 is 0 Å². The van der Waals surface area contributed by atoms with E-state index in [4.69, 9.17) is 11.6 Å². The van der Waals surface area contributed by atoms with Crippen LogP contribution in [0.3, 0.4) is 0 Å². The second-order valence-electron chi connectivity index (χ2n) is 5.38. The molecule has 1 N–H and O–H groups in total. The summed E-state index contributed by atoms with van der Waals surface area (Å²) in [4.78, 5) is 12.4. The van der Waals surface area contributed by atoms with E-state index in [1.54, 1.807) is 25.1 Å². The molecule has 2 rings (SSSR count). The first-order valence-corrected chi connectivity index (χ1v) is 9.37. The average Bonchev–Trinajstić information content (AvgIpc) is 2.48. The molecule has 0 aliphatic rings. The van der Waals surface area contributed by atoms with Gasteiger partial charge in [0.1, 0.15) is 0 Å². The zero-order valence-electron chi connectivity index (χ0n) is 13.0. The molecule has 0 spiro atoms. The molecule has 0 bridgehead atoms. The Morgan fingerprint density at radius 1 is 1.13 bits per heavy atom. The second-order valence-corrected chi connectivity index (χ2v) is 7.83. The number of nitrogens with one attached hydrogen (secondary N) is 1. The average molecular weight is 352 g/mol. The molecule has 0 radical (unpaired) electrons. The number of halogens is 1. The second kappa shape index (κ2) is 7.15. The van der Waals surface area contributed by atoms with Crippen molar-refractivity contribution in [3.8, 4) is 0 Å². The number of hydrogen-bond acceptors (Lipinski definition) is 3. The Labute approximate surface area is 141 Å². The topological polar surface area (TPSA) is 63.2 Å². The molecule has 1 amide bonds. The number of benzene rings is 2. The summed E-state index contributed by atoms with van der Waals surface area (Å²) in [6, 6.07) is 12.0. The number of hydrogen-bond donors (Lipinski definition) is 1. The summed E-state index contributed by atoms with van der Waals surface area (Å²) in [7, 11) is -3.34. The van der Waals surface area contributed by atoms with E-state index in [1.165, 1.54) is 12.1 Å². The Bertz CT molecular complexity index is 814. The van der Waals surface area contributed by atoms with Crippen molar-refractivity contribution in [2.45, 2.75) is 18.2 Å². The maximum Gasteiger partial charge on any atom is 0.251 e. The van der Waals surface area contributed by atoms with Gasteiger partial charge in [-0.2, -0.15) is 0 Å². The van der Waals surface area contributed by atoms with Crippen LogP contribution in [0.2, 0.25) is 5.02 Å². The number of sulfone groups is 1. The zero-order chi connectivity index (χ0) is 17.0. The lowest BCUT2D eigenvalue weighted by Gasteiger charge is -2.09. The molecule has 2 aromatic rings. The molecule has 122 valence electrons. The van der Waals surface area contributed by atoms with Crippen LogP contribution in [0.25, 0.3) is 0 Å². The SMILES string of the molecule is Cc1ccc(S(C)(=O)=O)cc1C(=O)NCCc1ccc(Cl)cc1. The van der Waals surface area contributed by atoms with E-state index in [0.717, 1.165) is 17.4 Å². The fourth-order valence-corrected chi connectivity index (χ4v) is 2.92. The molecule has 0 atom stereocenters. The first-order valence-electron chi connectivity index (χ1n) is 7.11. The van der Waals surface area contributed by atoms with Crippen LogP contribution in [-0.4, -0.2) is 27.1 Å². The Kier molecular flexibility index (Phi) is 5.44. The van der Waals surface area contributed by atoms with Gasteiger partial charge in [0.2, 0.25) is 0 Å². The van der Waals surface area contributed by atoms with Crippen molar-refractivity contribution >= 4 is 27.3 Å². The van der Waals surface area contributed by atoms with Gasteiger partial charge in [-0.25, -0.2) is 8.42 Å². The van der Waals surface area contributed by atoms with Crippen LogP contribution in [0.15, 0.2) is 47.4 Å². The number of aryl methyl sites for hydroxylation is 1. The van der Waals surface area contributed by atoms with Gasteiger partial charge in [-0.1, -0.05) is 29.8 Å². The molecule has 0 saturated carbocycles. The molecule has 0 aliphatic heterocycles. The largest absolute Gasteiger partial charge is 0.352 e. The summed E-state index contributed by atoms with van der Waals surface area (Å²) in [6.07, 6.45) is 1.80. The summed E-state index contributed by atoms with van der Waals surface area (Å²) in [5.41, 5.74) is 2.18. The molecule has 0 saturated heterocycles. The highest BCUT2D eigenvalue weighted by atomic mass is 35.5. The molecule has 0 fully saturated rings. The maximum absolute atomic E-state index is 12.3. The summed E-state index contributed by atoms with van der Waals surface area (Å²) in [5.74, 6) is -0.276. The number of carbonyl (C=O) groups excluding carboxylic acids is 1. The van der Waals surface area contributed by atoms with Gasteiger partial charge in [-0.15, -0.1) is 0 Å². The molecular weight excluding hydrogens is 334 g/mol. The van der Waals surface area contributed by atoms with Gasteiger partial charge < -0.3 is 5.32 Å². The summed E-state index contributed by atoms with van der Waals surface area (Å²) < 4.78 is 23.2. The standard InChI is InChI=1S/C17H18ClNO3S/c1-12-3-8-15(23(2,21)22)11-16(12)17(20)19-10-9-13-4-6-14(18)7-5-13/h3-8,11H,9-10H2,1-2H3,(H,19,20). The van der Waals surface area contributed by atoms with Crippen LogP contribution in [0, 0.1) is 6.92 Å². The van der Waals surface area contributed by atoms with Crippen molar-refractivity contribution in [2.75, 3.05) is 12.8 Å². The van der Waals surface area contributed by atoms with Crippen molar-refractivity contribution in [2.24, 2.45) is 0 Å². The molecule has 2 aromatic carbocycles. The fourth-order valence-electron chi connectivity index (χ4n) is 2.14. The summed E-state index contributed by atoms with van der Waals surface area (Å²) in [6.45, 7) is 2.24. The van der Waals surface area contributed by atoms with Gasteiger partial charge in [-0.05, 0) is 48.7 Å². The van der Waals surface area contributed by atoms with Crippen LogP contribution >= 0.6 is 11.6 Å². The van der Waals surface area contributed by atoms with Gasteiger partial charge in [0, 0.05) is 23.4 Å². The third kappa shape index (κ3) is 4.81. The van der Waals surface area contributed by atoms with Crippen molar-refractivity contribution in [1.82, 2.24) is 5.32 Å². The third-order valence-corrected chi connectivity index (χ3v) is 4.86. The Hall–Kier alpha value is -1.85. The first kappa shape index (κ1) is 17.5. The minimum absolute atomic E-state index is 0.144. The predicted molar refractivity (Wildman–Crippen MR) is 91.8 cm³/mol. The van der Waals surface area contributed by atoms with Crippen LogP contribution in [0.4, 0.5) is 0 Å². The quantitative estimate of drug-likeness (QED) is 0.900. The minimum Gasteiger partial charge on any atom is -0.352 e. The van der Waals surface area contributed by atoms with Crippen LogP contribution in [-0.2, 0) is 16.3 Å². The highest BCUT2D eigenvalue weighted by Crippen LogP contribution is 2.15. The van der Waals surface area contributed by atoms with Gasteiger partial charge >= 0.3 is 0 Å². The number of amides is 1. The Morgan fingerprint density at radius 3 is 2.39 bits per heavy atom. The minimum atomic E-state index is -3.34. The summed E-state index contributed by atoms with van der Waals surface area (Å²) in [5, 5.41) is 3.49. The molecule has 0 unspecified atom stereocenters. The van der Waals surface area contributed by atoms with E-state index < -0.39 is 9.84 Å². The molecule has 0 aromatic heterocycles. The first-order chi connectivity index (χ1) is 10.8. The summed E-state index contributed by atoms with van der Waals surface area (Å²) >= 11 is 5.83. The van der Waals surface area contributed by atoms with E-state index in [9.17, 15) is 13.2 Å². The molecule has 6 heteroatoms. The fraction of sp³-hybridized carbons (Fsp3) is 0.235. The molecule has 0 heterocycles. The molecule has 23 heavy (non-hydrogen) atoms. The molecule has 0 aliphatic carbocycles. The smallest absolute Gasteiger partial charge is 0.251 e. The number of carbonyl (C=O) groups is 1. The highest BCUT2D eigenvalue weighted by Gasteiger charge is 2.14. The van der Waals surface area contributed by atoms with Gasteiger partial charge in [0.25, 0.3) is 5.91 Å². The molecular formula is C17H18ClNO3S. The van der Waals surface area contributed by atoms with E-state index in [2.05, 4.69) is 5.32 Å². The Morgan fingerprint density at radius 2 is 1.78 bits per heavy atom. The van der Waals surface area contributed by atoms with Crippen LogP contribution in [0.5, 0.6) is 0 Å². The monoisotopic (exact) mass is 351 g/mol. The predicted octanol–water partition coefficient (Wildman–Crippen LogP) is 3.02. The maximum atomic E-state index is 12.3. The zero-order valence-corrected chi connectivity index (χ0v) is 14.5. The molecule has 4 nitrogen and oxygen atoms in total. The Balaban J connectivity index is 2.04. The van der Waals surface area contributed by atoms with Crippen molar-refractivity contribution in [3.63, 3.8) is 0 Å². The van der Waals surface area contributed by atoms with Crippen LogP contribution in [0.1, 0.15) is 21.5 Å². The van der Waals surface area contributed by atoms with E-state index in [1.807, 2.05) is 12.1 Å². The number of rotatable bonds is 5. The van der Waals surface area contributed by atoms with Gasteiger partial charge in [0.05, 0.1) is 4.90 Å². The van der Waals surface area contributed by atoms with Crippen molar-refractivity contribution in [1.29, 1.82) is 0 Å². The highest BCUT2D eigenvalue weighted by molar-refractivity contribution is 7.90. The third-order valence-electron chi connectivity index (χ3n) is 3.49. The van der Waals surface area contributed by atoms with E-state index in [0.29, 0.717) is 23.6 Å². The van der Waals surface area contributed by atoms with E-state index in [-0.39, 0.29) is 10.8 Å². The van der Waals surface area contributed by atoms with Gasteiger partial charge in [0.15, 0.2) is 9.84 Å². The lowest BCUT2D eigenvalue weighted by molar-refractivity contribution is 0.0953.